The van der Waals surface area contributed by atoms with Gasteiger partial charge in [0, 0.05) is 0 Å². The van der Waals surface area contributed by atoms with Gasteiger partial charge in [0.1, 0.15) is 5.82 Å². The van der Waals surface area contributed by atoms with Crippen LogP contribution in [0.1, 0.15) is 38.3 Å². The van der Waals surface area contributed by atoms with Crippen molar-refractivity contribution in [2.75, 3.05) is 0 Å². The van der Waals surface area contributed by atoms with Gasteiger partial charge >= 0.3 is 0 Å². The monoisotopic (exact) mass is 224 g/mol. The maximum Gasteiger partial charge on any atom is 0.126 e. The number of benzene rings is 1. The zero-order valence-electron chi connectivity index (χ0n) is 10.5. The Balaban J connectivity index is 2.58. The Kier molecular flexibility index (Phi) is 4.09. The third-order valence-electron chi connectivity index (χ3n) is 2.94. The van der Waals surface area contributed by atoms with E-state index in [0.29, 0.717) is 12.0 Å². The molecule has 1 nitrogen and oxygen atoms in total. The average molecular weight is 224 g/mol. The smallest absolute Gasteiger partial charge is 0.126 e. The number of aryl methyl sites for hydroxylation is 2. The van der Waals surface area contributed by atoms with Crippen molar-refractivity contribution in [3.05, 3.63) is 35.1 Å². The molecule has 0 radical (unpaired) electrons. The predicted octanol–water partition coefficient (Wildman–Crippen LogP) is 3.47. The minimum Gasteiger partial charge on any atom is -0.393 e. The molecule has 90 valence electrons. The van der Waals surface area contributed by atoms with Crippen molar-refractivity contribution in [2.24, 2.45) is 5.41 Å². The van der Waals surface area contributed by atoms with Gasteiger partial charge in [0.05, 0.1) is 6.10 Å². The third kappa shape index (κ3) is 3.60. The van der Waals surface area contributed by atoms with Crippen LogP contribution in [0.25, 0.3) is 0 Å². The van der Waals surface area contributed by atoms with Crippen LogP contribution in [0.15, 0.2) is 18.2 Å². The summed E-state index contributed by atoms with van der Waals surface area (Å²) in [5.74, 6) is -0.164. The summed E-state index contributed by atoms with van der Waals surface area (Å²) in [7, 11) is 0. The first-order chi connectivity index (χ1) is 7.30. The molecular formula is C14H21FO. The van der Waals surface area contributed by atoms with Gasteiger partial charge in [0.15, 0.2) is 0 Å². The summed E-state index contributed by atoms with van der Waals surface area (Å²) in [6, 6.07) is 5.27. The Morgan fingerprint density at radius 1 is 1.31 bits per heavy atom. The van der Waals surface area contributed by atoms with Crippen molar-refractivity contribution in [2.45, 2.75) is 46.6 Å². The van der Waals surface area contributed by atoms with Crippen LogP contribution in [0, 0.1) is 18.2 Å². The average Bonchev–Trinajstić information content (AvgIpc) is 2.18. The van der Waals surface area contributed by atoms with E-state index in [-0.39, 0.29) is 17.3 Å². The Morgan fingerprint density at radius 2 is 1.94 bits per heavy atom. The van der Waals surface area contributed by atoms with E-state index in [9.17, 15) is 9.50 Å². The number of rotatable bonds is 3. The fourth-order valence-electron chi connectivity index (χ4n) is 1.53. The van der Waals surface area contributed by atoms with Gasteiger partial charge in [0.25, 0.3) is 0 Å². The van der Waals surface area contributed by atoms with Gasteiger partial charge in [0.2, 0.25) is 0 Å². The lowest BCUT2D eigenvalue weighted by atomic mass is 9.86. The van der Waals surface area contributed by atoms with E-state index < -0.39 is 0 Å². The van der Waals surface area contributed by atoms with E-state index in [1.54, 1.807) is 19.1 Å². The summed E-state index contributed by atoms with van der Waals surface area (Å²) < 4.78 is 13.3. The second kappa shape index (κ2) is 4.96. The quantitative estimate of drug-likeness (QED) is 0.833. The zero-order chi connectivity index (χ0) is 12.3. The fourth-order valence-corrected chi connectivity index (χ4v) is 1.53. The summed E-state index contributed by atoms with van der Waals surface area (Å²) in [6.45, 7) is 7.78. The van der Waals surface area contributed by atoms with E-state index in [0.717, 1.165) is 12.0 Å². The maximum atomic E-state index is 13.3. The Labute approximate surface area is 97.3 Å². The van der Waals surface area contributed by atoms with Crippen molar-refractivity contribution in [3.63, 3.8) is 0 Å². The van der Waals surface area contributed by atoms with Crippen LogP contribution in [0.5, 0.6) is 0 Å². The van der Waals surface area contributed by atoms with E-state index >= 15 is 0 Å². The van der Waals surface area contributed by atoms with Crippen LogP contribution < -0.4 is 0 Å². The Hall–Kier alpha value is -0.890. The first-order valence-corrected chi connectivity index (χ1v) is 5.74. The molecule has 1 N–H and O–H groups in total. The molecule has 0 bridgehead atoms. The highest BCUT2D eigenvalue weighted by Gasteiger charge is 2.21. The normalized spacial score (nSPS) is 13.9. The predicted molar refractivity (Wildman–Crippen MR) is 64.9 cm³/mol. The minimum absolute atomic E-state index is 0.108. The molecule has 1 unspecified atom stereocenters. The molecule has 0 heterocycles. The number of hydrogen-bond acceptors (Lipinski definition) is 1. The molecule has 16 heavy (non-hydrogen) atoms. The summed E-state index contributed by atoms with van der Waals surface area (Å²) in [5, 5.41) is 9.88. The van der Waals surface area contributed by atoms with Gasteiger partial charge in [-0.25, -0.2) is 4.39 Å². The van der Waals surface area contributed by atoms with Crippen molar-refractivity contribution in [1.82, 2.24) is 0 Å². The lowest BCUT2D eigenvalue weighted by Crippen LogP contribution is -2.26. The molecule has 0 saturated carbocycles. The molecule has 0 spiro atoms. The minimum atomic E-state index is -0.350. The summed E-state index contributed by atoms with van der Waals surface area (Å²) in [6.07, 6.45) is 1.04. The largest absolute Gasteiger partial charge is 0.393 e. The fraction of sp³-hybridized carbons (Fsp3) is 0.571. The first kappa shape index (κ1) is 13.2. The van der Waals surface area contributed by atoms with Gasteiger partial charge in [-0.3, -0.25) is 0 Å². The van der Waals surface area contributed by atoms with Crippen LogP contribution in [0.4, 0.5) is 4.39 Å². The second-order valence-corrected chi connectivity index (χ2v) is 5.50. The van der Waals surface area contributed by atoms with Crippen LogP contribution in [0.3, 0.4) is 0 Å². The first-order valence-electron chi connectivity index (χ1n) is 5.74. The zero-order valence-corrected chi connectivity index (χ0v) is 10.5. The molecule has 0 fully saturated rings. The summed E-state index contributed by atoms with van der Waals surface area (Å²) in [4.78, 5) is 0. The van der Waals surface area contributed by atoms with E-state index in [1.165, 1.54) is 0 Å². The Morgan fingerprint density at radius 3 is 2.44 bits per heavy atom. The maximum absolute atomic E-state index is 13.3. The van der Waals surface area contributed by atoms with Crippen LogP contribution >= 0.6 is 0 Å². The SMILES string of the molecule is Cc1ccc(CCC(O)C(C)(C)C)cc1F. The van der Waals surface area contributed by atoms with E-state index in [2.05, 4.69) is 0 Å². The van der Waals surface area contributed by atoms with E-state index in [1.807, 2.05) is 26.8 Å². The summed E-state index contributed by atoms with van der Waals surface area (Å²) >= 11 is 0. The molecule has 1 rings (SSSR count). The van der Waals surface area contributed by atoms with Gasteiger partial charge < -0.3 is 5.11 Å². The standard InChI is InChI=1S/C14H21FO/c1-10-5-6-11(9-12(10)15)7-8-13(16)14(2,3)4/h5-6,9,13,16H,7-8H2,1-4H3. The van der Waals surface area contributed by atoms with Gasteiger partial charge in [-0.1, -0.05) is 32.9 Å². The third-order valence-corrected chi connectivity index (χ3v) is 2.94. The number of aliphatic hydroxyl groups is 1. The molecule has 1 atom stereocenters. The van der Waals surface area contributed by atoms with Gasteiger partial charge in [-0.2, -0.15) is 0 Å². The lowest BCUT2D eigenvalue weighted by molar-refractivity contribution is 0.0560. The van der Waals surface area contributed by atoms with Crippen LogP contribution in [-0.2, 0) is 6.42 Å². The molecule has 0 aliphatic rings. The highest BCUT2D eigenvalue weighted by molar-refractivity contribution is 5.23. The lowest BCUT2D eigenvalue weighted by Gasteiger charge is -2.25. The summed E-state index contributed by atoms with van der Waals surface area (Å²) in [5.41, 5.74) is 1.51. The molecule has 0 amide bonds. The topological polar surface area (TPSA) is 20.2 Å². The molecule has 0 aliphatic carbocycles. The van der Waals surface area contributed by atoms with Crippen LogP contribution in [-0.4, -0.2) is 11.2 Å². The van der Waals surface area contributed by atoms with Gasteiger partial charge in [-0.05, 0) is 42.4 Å². The highest BCUT2D eigenvalue weighted by Crippen LogP contribution is 2.23. The van der Waals surface area contributed by atoms with Crippen molar-refractivity contribution in [1.29, 1.82) is 0 Å². The van der Waals surface area contributed by atoms with Gasteiger partial charge in [-0.15, -0.1) is 0 Å². The second-order valence-electron chi connectivity index (χ2n) is 5.50. The molecule has 0 aliphatic heterocycles. The van der Waals surface area contributed by atoms with Crippen LogP contribution in [0.2, 0.25) is 0 Å². The molecular weight excluding hydrogens is 203 g/mol. The van der Waals surface area contributed by atoms with Crippen molar-refractivity contribution < 1.29 is 9.50 Å². The molecule has 0 saturated heterocycles. The highest BCUT2D eigenvalue weighted by atomic mass is 19.1. The Bertz CT molecular complexity index is 352. The molecule has 0 aromatic heterocycles. The number of aliphatic hydroxyl groups excluding tert-OH is 1. The van der Waals surface area contributed by atoms with E-state index in [4.69, 9.17) is 0 Å². The molecule has 1 aromatic rings. The van der Waals surface area contributed by atoms with Crippen molar-refractivity contribution >= 4 is 0 Å². The molecule has 1 aromatic carbocycles. The number of halogens is 1. The molecule has 2 heteroatoms. The van der Waals surface area contributed by atoms with Crippen molar-refractivity contribution in [3.8, 4) is 0 Å². The number of hydrogen-bond donors (Lipinski definition) is 1.